The van der Waals surface area contributed by atoms with Crippen LogP contribution < -0.4 is 19.1 Å². The number of nitrogens with one attached hydrogen (secondary N) is 1. The van der Waals surface area contributed by atoms with E-state index in [0.717, 1.165) is 17.4 Å². The Morgan fingerprint density at radius 2 is 2.00 bits per heavy atom. The highest BCUT2D eigenvalue weighted by molar-refractivity contribution is 7.92. The molecule has 1 heterocycles. The summed E-state index contributed by atoms with van der Waals surface area (Å²) in [6.07, 6.45) is 0.162. The minimum atomic E-state index is -3.56. The van der Waals surface area contributed by atoms with Crippen molar-refractivity contribution in [3.63, 3.8) is 0 Å². The number of aryl methyl sites for hydroxylation is 1. The monoisotopic (exact) mass is 404 g/mol. The number of sulfonamides is 1. The van der Waals surface area contributed by atoms with Gasteiger partial charge in [-0.1, -0.05) is 24.3 Å². The number of amides is 1. The second kappa shape index (κ2) is 7.71. The highest BCUT2D eigenvalue weighted by Crippen LogP contribution is 2.36. The molecule has 0 saturated carbocycles. The number of para-hydroxylation sites is 1. The molecule has 7 nitrogen and oxygen atoms in total. The molecule has 2 aromatic carbocycles. The second-order valence-corrected chi connectivity index (χ2v) is 8.75. The molecule has 0 bridgehead atoms. The van der Waals surface area contributed by atoms with Gasteiger partial charge in [-0.05, 0) is 37.6 Å². The Hall–Kier alpha value is -2.74. The quantitative estimate of drug-likeness (QED) is 0.827. The molecule has 0 radical (unpaired) electrons. The zero-order valence-electron chi connectivity index (χ0n) is 16.3. The summed E-state index contributed by atoms with van der Waals surface area (Å²) in [6, 6.07) is 12.3. The van der Waals surface area contributed by atoms with Gasteiger partial charge in [-0.3, -0.25) is 9.10 Å². The van der Waals surface area contributed by atoms with E-state index in [-0.39, 0.29) is 18.5 Å². The van der Waals surface area contributed by atoms with E-state index in [0.29, 0.717) is 17.2 Å². The molecule has 2 aromatic rings. The van der Waals surface area contributed by atoms with E-state index in [1.54, 1.807) is 19.2 Å². The SMILES string of the molecule is COc1ccccc1[C@@H](C)NC(=O)[C@@H]1CN(S(C)(=O)=O)c2ccc(C)cc2O1. The smallest absolute Gasteiger partial charge is 0.263 e. The fraction of sp³-hybridized carbons (Fsp3) is 0.350. The molecule has 150 valence electrons. The number of benzene rings is 2. The van der Waals surface area contributed by atoms with Crippen LogP contribution in [0.4, 0.5) is 5.69 Å². The van der Waals surface area contributed by atoms with E-state index in [1.807, 2.05) is 44.2 Å². The van der Waals surface area contributed by atoms with Crippen molar-refractivity contribution in [3.8, 4) is 11.5 Å². The Bertz CT molecular complexity index is 990. The third kappa shape index (κ3) is 4.06. The summed E-state index contributed by atoms with van der Waals surface area (Å²) >= 11 is 0. The minimum absolute atomic E-state index is 0.0840. The van der Waals surface area contributed by atoms with Crippen LogP contribution in [0.15, 0.2) is 42.5 Å². The third-order valence-corrected chi connectivity index (χ3v) is 5.79. The zero-order chi connectivity index (χ0) is 20.5. The van der Waals surface area contributed by atoms with Crippen LogP contribution in [-0.4, -0.2) is 40.3 Å². The maximum Gasteiger partial charge on any atom is 0.263 e. The van der Waals surface area contributed by atoms with Crippen LogP contribution >= 0.6 is 0 Å². The van der Waals surface area contributed by atoms with Gasteiger partial charge in [-0.25, -0.2) is 8.42 Å². The van der Waals surface area contributed by atoms with Crippen LogP contribution in [0.2, 0.25) is 0 Å². The molecule has 28 heavy (non-hydrogen) atoms. The first-order valence-electron chi connectivity index (χ1n) is 8.89. The average Bonchev–Trinajstić information content (AvgIpc) is 2.65. The highest BCUT2D eigenvalue weighted by Gasteiger charge is 2.35. The van der Waals surface area contributed by atoms with E-state index in [9.17, 15) is 13.2 Å². The van der Waals surface area contributed by atoms with Gasteiger partial charge in [0, 0.05) is 5.56 Å². The maximum absolute atomic E-state index is 12.9. The average molecular weight is 404 g/mol. The molecule has 1 aliphatic heterocycles. The van der Waals surface area contributed by atoms with Crippen LogP contribution in [0.1, 0.15) is 24.1 Å². The van der Waals surface area contributed by atoms with Crippen LogP contribution in [0, 0.1) is 6.92 Å². The number of carbonyl (C=O) groups excluding carboxylic acids is 1. The summed E-state index contributed by atoms with van der Waals surface area (Å²) in [5, 5.41) is 2.89. The molecular weight excluding hydrogens is 380 g/mol. The van der Waals surface area contributed by atoms with E-state index < -0.39 is 16.1 Å². The number of nitrogens with zero attached hydrogens (tertiary/aromatic N) is 1. The lowest BCUT2D eigenvalue weighted by Gasteiger charge is -2.34. The molecule has 0 fully saturated rings. The van der Waals surface area contributed by atoms with E-state index in [2.05, 4.69) is 5.32 Å². The normalized spacial score (nSPS) is 17.3. The molecule has 1 aliphatic rings. The molecule has 2 atom stereocenters. The van der Waals surface area contributed by atoms with Crippen molar-refractivity contribution in [2.24, 2.45) is 0 Å². The fourth-order valence-corrected chi connectivity index (χ4v) is 4.13. The predicted octanol–water partition coefficient (Wildman–Crippen LogP) is 2.41. The van der Waals surface area contributed by atoms with Gasteiger partial charge < -0.3 is 14.8 Å². The van der Waals surface area contributed by atoms with Crippen LogP contribution in [0.5, 0.6) is 11.5 Å². The molecular formula is C20H24N2O5S. The molecule has 0 saturated heterocycles. The molecule has 0 aliphatic carbocycles. The number of anilines is 1. The Kier molecular flexibility index (Phi) is 5.51. The van der Waals surface area contributed by atoms with Crippen LogP contribution in [0.3, 0.4) is 0 Å². The Morgan fingerprint density at radius 3 is 2.68 bits per heavy atom. The largest absolute Gasteiger partial charge is 0.496 e. The summed E-state index contributed by atoms with van der Waals surface area (Å²) in [7, 11) is -1.99. The lowest BCUT2D eigenvalue weighted by atomic mass is 10.1. The third-order valence-electron chi connectivity index (χ3n) is 4.64. The van der Waals surface area contributed by atoms with Gasteiger partial charge in [0.2, 0.25) is 10.0 Å². The first kappa shape index (κ1) is 20.0. The van der Waals surface area contributed by atoms with Gasteiger partial charge in [0.15, 0.2) is 6.10 Å². The van der Waals surface area contributed by atoms with Crippen molar-refractivity contribution < 1.29 is 22.7 Å². The van der Waals surface area contributed by atoms with Crippen molar-refractivity contribution in [2.75, 3.05) is 24.2 Å². The van der Waals surface area contributed by atoms with Crippen LogP contribution in [0.25, 0.3) is 0 Å². The summed E-state index contributed by atoms with van der Waals surface area (Å²) in [4.78, 5) is 12.9. The zero-order valence-corrected chi connectivity index (χ0v) is 17.1. The predicted molar refractivity (Wildman–Crippen MR) is 107 cm³/mol. The Labute approximate surface area is 165 Å². The number of ether oxygens (including phenoxy) is 2. The minimum Gasteiger partial charge on any atom is -0.496 e. The Morgan fingerprint density at radius 1 is 1.29 bits per heavy atom. The lowest BCUT2D eigenvalue weighted by Crippen LogP contribution is -2.50. The summed E-state index contributed by atoms with van der Waals surface area (Å²) in [5.74, 6) is 0.652. The van der Waals surface area contributed by atoms with Gasteiger partial charge >= 0.3 is 0 Å². The molecule has 1 amide bonds. The van der Waals surface area contributed by atoms with Gasteiger partial charge in [-0.2, -0.15) is 0 Å². The van der Waals surface area contributed by atoms with Gasteiger partial charge in [0.25, 0.3) is 5.91 Å². The molecule has 8 heteroatoms. The van der Waals surface area contributed by atoms with Gasteiger partial charge in [0.05, 0.1) is 31.6 Å². The van der Waals surface area contributed by atoms with Gasteiger partial charge in [0.1, 0.15) is 11.5 Å². The molecule has 1 N–H and O–H groups in total. The summed E-state index contributed by atoms with van der Waals surface area (Å²) in [5.41, 5.74) is 2.18. The first-order chi connectivity index (χ1) is 13.2. The topological polar surface area (TPSA) is 84.9 Å². The number of hydrogen-bond donors (Lipinski definition) is 1. The van der Waals surface area contributed by atoms with Crippen molar-refractivity contribution in [3.05, 3.63) is 53.6 Å². The standard InChI is InChI=1S/C20H24N2O5S/c1-13-9-10-16-18(11-13)27-19(12-22(16)28(4,24)25)20(23)21-14(2)15-7-5-6-8-17(15)26-3/h5-11,14,19H,12H2,1-4H3,(H,21,23)/t14-,19+/m1/s1. The number of hydrogen-bond acceptors (Lipinski definition) is 5. The molecule has 0 spiro atoms. The van der Waals surface area contributed by atoms with Crippen molar-refractivity contribution in [2.45, 2.75) is 26.0 Å². The molecule has 3 rings (SSSR count). The second-order valence-electron chi connectivity index (χ2n) is 6.84. The van der Waals surface area contributed by atoms with Crippen molar-refractivity contribution in [1.82, 2.24) is 5.32 Å². The van der Waals surface area contributed by atoms with Crippen LogP contribution in [-0.2, 0) is 14.8 Å². The van der Waals surface area contributed by atoms with E-state index >= 15 is 0 Å². The van der Waals surface area contributed by atoms with E-state index in [1.165, 1.54) is 4.31 Å². The molecule has 0 unspecified atom stereocenters. The van der Waals surface area contributed by atoms with E-state index in [4.69, 9.17) is 9.47 Å². The lowest BCUT2D eigenvalue weighted by molar-refractivity contribution is -0.128. The number of methoxy groups -OCH3 is 1. The number of carbonyl (C=O) groups is 1. The number of fused-ring (bicyclic) bond motifs is 1. The maximum atomic E-state index is 12.9. The summed E-state index contributed by atoms with van der Waals surface area (Å²) < 4.78 is 36.9. The first-order valence-corrected chi connectivity index (χ1v) is 10.7. The van der Waals surface area contributed by atoms with Gasteiger partial charge in [-0.15, -0.1) is 0 Å². The molecule has 0 aromatic heterocycles. The van der Waals surface area contributed by atoms with Crippen molar-refractivity contribution in [1.29, 1.82) is 0 Å². The highest BCUT2D eigenvalue weighted by atomic mass is 32.2. The Balaban J connectivity index is 1.84. The fourth-order valence-electron chi connectivity index (χ4n) is 3.22. The summed E-state index contributed by atoms with van der Waals surface area (Å²) in [6.45, 7) is 3.63. The number of rotatable bonds is 5. The van der Waals surface area contributed by atoms with Crippen molar-refractivity contribution >= 4 is 21.6 Å².